The number of hydrogen-bond donors (Lipinski definition) is 1. The first-order valence-corrected chi connectivity index (χ1v) is 6.72. The predicted octanol–water partition coefficient (Wildman–Crippen LogP) is 2.94. The molecule has 4 nitrogen and oxygen atoms in total. The van der Waals surface area contributed by atoms with E-state index in [1.807, 2.05) is 19.0 Å². The molecule has 0 spiro atoms. The van der Waals surface area contributed by atoms with Crippen molar-refractivity contribution in [3.05, 3.63) is 10.2 Å². The van der Waals surface area contributed by atoms with Crippen molar-refractivity contribution in [3.63, 3.8) is 0 Å². The van der Waals surface area contributed by atoms with Crippen LogP contribution < -0.4 is 10.2 Å². The smallest absolute Gasteiger partial charge is 0.227 e. The van der Waals surface area contributed by atoms with E-state index in [0.29, 0.717) is 5.92 Å². The third kappa shape index (κ3) is 3.84. The van der Waals surface area contributed by atoms with Gasteiger partial charge >= 0.3 is 0 Å². The van der Waals surface area contributed by atoms with Gasteiger partial charge in [0.05, 0.1) is 10.2 Å². The Bertz CT molecular complexity index is 377. The maximum atomic E-state index is 4.58. The van der Waals surface area contributed by atoms with Gasteiger partial charge in [0.2, 0.25) is 5.95 Å². The van der Waals surface area contributed by atoms with Crippen LogP contribution in [-0.4, -0.2) is 30.6 Å². The normalized spacial score (nSPS) is 10.8. The van der Waals surface area contributed by atoms with Crippen LogP contribution in [0, 0.1) is 5.92 Å². The molecule has 1 aromatic heterocycles. The summed E-state index contributed by atoms with van der Waals surface area (Å²) in [6.45, 7) is 7.29. The zero-order chi connectivity index (χ0) is 13.0. The Hall–Kier alpha value is -0.840. The van der Waals surface area contributed by atoms with Crippen molar-refractivity contribution < 1.29 is 0 Å². The van der Waals surface area contributed by atoms with Crippen LogP contribution in [0.25, 0.3) is 0 Å². The van der Waals surface area contributed by atoms with E-state index in [4.69, 9.17) is 0 Å². The van der Waals surface area contributed by atoms with Crippen molar-refractivity contribution in [1.82, 2.24) is 9.97 Å². The van der Waals surface area contributed by atoms with Crippen molar-refractivity contribution in [2.75, 3.05) is 30.9 Å². The van der Waals surface area contributed by atoms with Gasteiger partial charge in [-0.3, -0.25) is 0 Å². The van der Waals surface area contributed by atoms with Gasteiger partial charge in [0.1, 0.15) is 5.82 Å². The molecular formula is C12H21BrN4. The summed E-state index contributed by atoms with van der Waals surface area (Å²) in [4.78, 5) is 11.0. The van der Waals surface area contributed by atoms with E-state index in [-0.39, 0.29) is 0 Å². The van der Waals surface area contributed by atoms with Gasteiger partial charge in [-0.15, -0.1) is 0 Å². The summed E-state index contributed by atoms with van der Waals surface area (Å²) in [6, 6.07) is 0. The molecule has 1 aromatic rings. The monoisotopic (exact) mass is 300 g/mol. The van der Waals surface area contributed by atoms with Crippen molar-refractivity contribution in [2.24, 2.45) is 5.92 Å². The molecule has 0 atom stereocenters. The predicted molar refractivity (Wildman–Crippen MR) is 76.8 cm³/mol. The Morgan fingerprint density at radius 1 is 1.29 bits per heavy atom. The summed E-state index contributed by atoms with van der Waals surface area (Å²) >= 11 is 3.59. The molecule has 1 N–H and O–H groups in total. The Balaban J connectivity index is 3.17. The molecular weight excluding hydrogens is 280 g/mol. The first kappa shape index (κ1) is 14.2. The largest absolute Gasteiger partial charge is 0.369 e. The Morgan fingerprint density at radius 2 is 1.94 bits per heavy atom. The van der Waals surface area contributed by atoms with E-state index < -0.39 is 0 Å². The Morgan fingerprint density at radius 3 is 2.41 bits per heavy atom. The first-order valence-electron chi connectivity index (χ1n) is 5.93. The molecule has 1 heterocycles. The SMILES string of the molecule is CCNc1nc(N(C)C)nc(CC(C)C)c1Br. The fraction of sp³-hybridized carbons (Fsp3) is 0.667. The standard InChI is InChI=1S/C12H21BrN4/c1-6-14-11-10(13)9(7-8(2)3)15-12(16-11)17(4)5/h8H,6-7H2,1-5H3,(H,14,15,16). The molecule has 0 fully saturated rings. The van der Waals surface area contributed by atoms with Crippen LogP contribution >= 0.6 is 15.9 Å². The molecule has 0 amide bonds. The van der Waals surface area contributed by atoms with Crippen LogP contribution in [0.3, 0.4) is 0 Å². The molecule has 0 aliphatic heterocycles. The number of anilines is 2. The highest BCUT2D eigenvalue weighted by Crippen LogP contribution is 2.27. The van der Waals surface area contributed by atoms with E-state index in [2.05, 4.69) is 52.0 Å². The summed E-state index contributed by atoms with van der Waals surface area (Å²) in [5, 5.41) is 3.26. The van der Waals surface area contributed by atoms with E-state index in [1.165, 1.54) is 0 Å². The average molecular weight is 301 g/mol. The van der Waals surface area contributed by atoms with Crippen LogP contribution in [0.5, 0.6) is 0 Å². The Labute approximate surface area is 112 Å². The molecule has 0 aliphatic carbocycles. The lowest BCUT2D eigenvalue weighted by Crippen LogP contribution is -2.16. The van der Waals surface area contributed by atoms with Gasteiger partial charge in [-0.1, -0.05) is 13.8 Å². The zero-order valence-corrected chi connectivity index (χ0v) is 12.8. The molecule has 0 unspecified atom stereocenters. The quantitative estimate of drug-likeness (QED) is 0.908. The minimum Gasteiger partial charge on any atom is -0.369 e. The van der Waals surface area contributed by atoms with Crippen LogP contribution in [0.4, 0.5) is 11.8 Å². The minimum atomic E-state index is 0.575. The van der Waals surface area contributed by atoms with E-state index in [1.54, 1.807) is 0 Å². The molecule has 1 rings (SSSR count). The summed E-state index contributed by atoms with van der Waals surface area (Å²) < 4.78 is 0.985. The van der Waals surface area contributed by atoms with E-state index in [9.17, 15) is 0 Å². The number of hydrogen-bond acceptors (Lipinski definition) is 4. The van der Waals surface area contributed by atoms with Gasteiger partial charge in [0.15, 0.2) is 0 Å². The third-order valence-corrected chi connectivity index (χ3v) is 3.09. The van der Waals surface area contributed by atoms with Gasteiger partial charge in [0.25, 0.3) is 0 Å². The number of nitrogens with zero attached hydrogens (tertiary/aromatic N) is 3. The van der Waals surface area contributed by atoms with E-state index >= 15 is 0 Å². The maximum absolute atomic E-state index is 4.58. The van der Waals surface area contributed by atoms with Crippen LogP contribution in [-0.2, 0) is 6.42 Å². The van der Waals surface area contributed by atoms with Gasteiger partial charge in [-0.2, -0.15) is 4.98 Å². The van der Waals surface area contributed by atoms with Crippen molar-refractivity contribution >= 4 is 27.7 Å². The van der Waals surface area contributed by atoms with Crippen LogP contribution in [0.15, 0.2) is 4.47 Å². The second-order valence-electron chi connectivity index (χ2n) is 4.66. The highest BCUT2D eigenvalue weighted by molar-refractivity contribution is 9.10. The number of halogens is 1. The Kier molecular flexibility index (Phi) is 5.18. The molecule has 0 aromatic carbocycles. The molecule has 0 aliphatic rings. The number of nitrogens with one attached hydrogen (secondary N) is 1. The third-order valence-electron chi connectivity index (χ3n) is 2.25. The van der Waals surface area contributed by atoms with Crippen molar-refractivity contribution in [2.45, 2.75) is 27.2 Å². The fourth-order valence-electron chi connectivity index (χ4n) is 1.49. The number of rotatable bonds is 5. The molecule has 96 valence electrons. The molecule has 0 saturated heterocycles. The van der Waals surface area contributed by atoms with Crippen molar-refractivity contribution in [1.29, 1.82) is 0 Å². The topological polar surface area (TPSA) is 41.1 Å². The summed E-state index contributed by atoms with van der Waals surface area (Å²) in [6.07, 6.45) is 0.947. The highest BCUT2D eigenvalue weighted by Gasteiger charge is 2.13. The highest BCUT2D eigenvalue weighted by atomic mass is 79.9. The lowest BCUT2D eigenvalue weighted by Gasteiger charge is -2.16. The summed E-state index contributed by atoms with van der Waals surface area (Å²) in [5.74, 6) is 2.20. The van der Waals surface area contributed by atoms with Gasteiger partial charge < -0.3 is 10.2 Å². The lowest BCUT2D eigenvalue weighted by atomic mass is 10.1. The number of aromatic nitrogens is 2. The molecule has 5 heteroatoms. The summed E-state index contributed by atoms with van der Waals surface area (Å²) in [5.41, 5.74) is 1.06. The zero-order valence-electron chi connectivity index (χ0n) is 11.2. The first-order chi connectivity index (χ1) is 7.95. The minimum absolute atomic E-state index is 0.575. The van der Waals surface area contributed by atoms with Crippen molar-refractivity contribution in [3.8, 4) is 0 Å². The van der Waals surface area contributed by atoms with Crippen LogP contribution in [0.1, 0.15) is 26.5 Å². The van der Waals surface area contributed by atoms with Crippen LogP contribution in [0.2, 0.25) is 0 Å². The van der Waals surface area contributed by atoms with Gasteiger partial charge in [-0.25, -0.2) is 4.98 Å². The molecule has 0 radical (unpaired) electrons. The van der Waals surface area contributed by atoms with E-state index in [0.717, 1.165) is 34.9 Å². The van der Waals surface area contributed by atoms with Gasteiger partial charge in [-0.05, 0) is 35.2 Å². The maximum Gasteiger partial charge on any atom is 0.227 e. The second kappa shape index (κ2) is 6.19. The lowest BCUT2D eigenvalue weighted by molar-refractivity contribution is 0.631. The van der Waals surface area contributed by atoms with Gasteiger partial charge in [0, 0.05) is 20.6 Å². The molecule has 0 saturated carbocycles. The second-order valence-corrected chi connectivity index (χ2v) is 5.45. The fourth-order valence-corrected chi connectivity index (χ4v) is 1.97. The molecule has 0 bridgehead atoms. The molecule has 17 heavy (non-hydrogen) atoms. The average Bonchev–Trinajstić information content (AvgIpc) is 2.23. The summed E-state index contributed by atoms with van der Waals surface area (Å²) in [7, 11) is 3.91.